The molecule has 0 saturated carbocycles. The number of rotatable bonds is 4. The molecule has 4 heteroatoms. The summed E-state index contributed by atoms with van der Waals surface area (Å²) in [5, 5.41) is 0. The van der Waals surface area contributed by atoms with Crippen LogP contribution in [-0.2, 0) is 17.4 Å². The summed E-state index contributed by atoms with van der Waals surface area (Å²) in [6.45, 7) is 11.6. The van der Waals surface area contributed by atoms with E-state index in [-0.39, 0.29) is 24.8 Å². The molecule has 6 rings (SSSR count). The van der Waals surface area contributed by atoms with Crippen LogP contribution in [0.1, 0.15) is 54.5 Å². The van der Waals surface area contributed by atoms with Crippen LogP contribution in [0.15, 0.2) is 96.1 Å². The van der Waals surface area contributed by atoms with Gasteiger partial charge in [0.1, 0.15) is 0 Å². The molecule has 0 bridgehead atoms. The molecule has 206 valence electrons. The minimum absolute atomic E-state index is 0. The normalized spacial score (nSPS) is 17.7. The first kappa shape index (κ1) is 31.0. The number of benzene rings is 4. The first-order valence-electron chi connectivity index (χ1n) is 13.9. The van der Waals surface area contributed by atoms with E-state index in [1.807, 2.05) is 0 Å². The van der Waals surface area contributed by atoms with Crippen molar-refractivity contribution >= 4 is 43.8 Å². The van der Waals surface area contributed by atoms with Gasteiger partial charge in [0.15, 0.2) is 0 Å². The molecule has 4 aromatic carbocycles. The van der Waals surface area contributed by atoms with Crippen molar-refractivity contribution in [3.8, 4) is 22.3 Å². The first-order chi connectivity index (χ1) is 18.0. The molecule has 2 atom stereocenters. The number of hydrogen-bond acceptors (Lipinski definition) is 0. The topological polar surface area (TPSA) is 0 Å². The summed E-state index contributed by atoms with van der Waals surface area (Å²) in [4.78, 5) is 0. The molecule has 0 saturated heterocycles. The summed E-state index contributed by atoms with van der Waals surface area (Å²) in [6, 6.07) is 32.1. The van der Waals surface area contributed by atoms with E-state index in [0.717, 1.165) is 0 Å². The standard InChI is InChI=1S/2C17H15.2CH3.2ClH.H2Si.Zr/c2*1-12-6-8-14(9-7-12)16-5-3-4-15-10-13(2)11-17(15)16;;;;;;/h2*3-11H,1-2H3;2*1H3;2*1H;1H2;. The fourth-order valence-electron chi connectivity index (χ4n) is 7.76. The van der Waals surface area contributed by atoms with Crippen molar-refractivity contribution in [1.29, 1.82) is 0 Å². The monoisotopic (exact) mass is 660 g/mol. The third kappa shape index (κ3) is 5.00. The molecule has 0 heterocycles. The Balaban J connectivity index is 0.00000185. The molecule has 2 unspecified atom stereocenters. The van der Waals surface area contributed by atoms with E-state index >= 15 is 0 Å². The molecule has 0 amide bonds. The second-order valence-electron chi connectivity index (χ2n) is 12.9. The molecule has 0 aromatic heterocycles. The van der Waals surface area contributed by atoms with Crippen LogP contribution in [0.3, 0.4) is 0 Å². The third-order valence-electron chi connectivity index (χ3n) is 9.18. The second kappa shape index (κ2) is 11.0. The maximum Gasteiger partial charge on any atom is -0.147 e. The van der Waals surface area contributed by atoms with Crippen molar-refractivity contribution in [2.75, 3.05) is 0 Å². The summed E-state index contributed by atoms with van der Waals surface area (Å²) in [7, 11) is 0. The second-order valence-corrected chi connectivity index (χ2v) is 43.4. The largest absolute Gasteiger partial charge is 0.147 e. The maximum absolute atomic E-state index is 3.51. The van der Waals surface area contributed by atoms with Gasteiger partial charge in [-0.05, 0) is 0 Å². The van der Waals surface area contributed by atoms with Gasteiger partial charge in [0.25, 0.3) is 0 Å². The summed E-state index contributed by atoms with van der Waals surface area (Å²) in [5.41, 5.74) is 17.1. The van der Waals surface area contributed by atoms with Crippen molar-refractivity contribution in [2.45, 2.75) is 44.2 Å². The Kier molecular flexibility index (Phi) is 8.55. The fourth-order valence-corrected chi connectivity index (χ4v) is 29.0. The van der Waals surface area contributed by atoms with Crippen molar-refractivity contribution in [3.63, 3.8) is 0 Å². The molecule has 0 N–H and O–H groups in total. The Morgan fingerprint density at radius 2 is 0.875 bits per heavy atom. The maximum atomic E-state index is 2.73. The molecule has 0 aliphatic heterocycles. The summed E-state index contributed by atoms with van der Waals surface area (Å²) in [6.07, 6.45) is 5.03. The molecule has 2 aliphatic rings. The molecular formula is C36H40Cl2SiZr. The minimum Gasteiger partial charge on any atom is -0.147 e. The van der Waals surface area contributed by atoms with Gasteiger partial charge in [-0.15, -0.1) is 24.8 Å². The number of fused-ring (bicyclic) bond motifs is 2. The van der Waals surface area contributed by atoms with E-state index in [1.54, 1.807) is 22.3 Å². The third-order valence-corrected chi connectivity index (χ3v) is 27.1. The Bertz CT molecular complexity index is 1600. The predicted octanol–water partition coefficient (Wildman–Crippen LogP) is 10.4. The Labute approximate surface area is 255 Å². The van der Waals surface area contributed by atoms with Crippen LogP contribution < -0.4 is 0 Å². The van der Waals surface area contributed by atoms with Gasteiger partial charge < -0.3 is 0 Å². The van der Waals surface area contributed by atoms with Crippen LogP contribution in [0.4, 0.5) is 0 Å². The summed E-state index contributed by atoms with van der Waals surface area (Å²) in [5.74, 6) is 0. The Morgan fingerprint density at radius 1 is 0.525 bits per heavy atom. The Morgan fingerprint density at radius 3 is 1.23 bits per heavy atom. The molecular weight excluding hydrogens is 623 g/mol. The van der Waals surface area contributed by atoms with Crippen molar-refractivity contribution in [1.82, 2.24) is 0 Å². The van der Waals surface area contributed by atoms with Crippen molar-refractivity contribution in [2.24, 2.45) is 0 Å². The zero-order valence-electron chi connectivity index (χ0n) is 24.4. The van der Waals surface area contributed by atoms with Gasteiger partial charge in [0.05, 0.1) is 0 Å². The van der Waals surface area contributed by atoms with E-state index in [0.29, 0.717) is 7.25 Å². The van der Waals surface area contributed by atoms with E-state index < -0.39 is 17.4 Å². The van der Waals surface area contributed by atoms with E-state index in [9.17, 15) is 0 Å². The fraction of sp³-hybridized carbons (Fsp3) is 0.222. The van der Waals surface area contributed by atoms with Gasteiger partial charge >= 0.3 is 232 Å². The van der Waals surface area contributed by atoms with Gasteiger partial charge in [-0.25, -0.2) is 0 Å². The average molecular weight is 663 g/mol. The van der Waals surface area contributed by atoms with Crippen LogP contribution in [0.25, 0.3) is 34.4 Å². The first-order valence-corrected chi connectivity index (χ1v) is 27.5. The van der Waals surface area contributed by atoms with Crippen LogP contribution in [0, 0.1) is 13.8 Å². The summed E-state index contributed by atoms with van der Waals surface area (Å²) >= 11 is -3.51. The van der Waals surface area contributed by atoms with Crippen LogP contribution >= 0.6 is 24.8 Å². The SMILES string of the molecule is CC1=Cc2c(-c3ccc(C)cc3)cccc2[CH]1[Zr]([CH3])([CH3])(=[SiH2])[CH]1C(C)=Cc2c(-c3ccc(C)cc3)cccc21.Cl.Cl. The van der Waals surface area contributed by atoms with Crippen molar-refractivity contribution in [3.05, 3.63) is 129 Å². The number of allylic oxidation sites excluding steroid dienone is 2. The molecule has 4 aromatic rings. The van der Waals surface area contributed by atoms with Gasteiger partial charge in [0.2, 0.25) is 0 Å². The van der Waals surface area contributed by atoms with E-state index in [2.05, 4.69) is 141 Å². The smallest absolute Gasteiger partial charge is 0.147 e. The van der Waals surface area contributed by atoms with Gasteiger partial charge in [0, 0.05) is 0 Å². The van der Waals surface area contributed by atoms with Gasteiger partial charge in [-0.3, -0.25) is 0 Å². The molecule has 2 aliphatic carbocycles. The molecule has 0 radical (unpaired) electrons. The van der Waals surface area contributed by atoms with Crippen molar-refractivity contribution < 1.29 is 17.4 Å². The molecule has 40 heavy (non-hydrogen) atoms. The van der Waals surface area contributed by atoms with Crippen LogP contribution in [-0.4, -0.2) is 6.88 Å². The average Bonchev–Trinajstić information content (AvgIpc) is 3.41. The molecule has 0 nitrogen and oxygen atoms in total. The Hall–Kier alpha value is -1.96. The minimum atomic E-state index is -3.51. The van der Waals surface area contributed by atoms with Crippen LogP contribution in [0.5, 0.6) is 0 Å². The zero-order valence-corrected chi connectivity index (χ0v) is 29.9. The zero-order chi connectivity index (χ0) is 26.8. The van der Waals surface area contributed by atoms with Gasteiger partial charge in [-0.2, -0.15) is 0 Å². The predicted molar refractivity (Wildman–Crippen MR) is 181 cm³/mol. The number of halogens is 2. The van der Waals surface area contributed by atoms with E-state index in [4.69, 9.17) is 0 Å². The molecule has 0 spiro atoms. The number of hydrogen-bond donors (Lipinski definition) is 0. The summed E-state index contributed by atoms with van der Waals surface area (Å²) < 4.78 is 6.53. The quantitative estimate of drug-likeness (QED) is 0.191. The van der Waals surface area contributed by atoms with Gasteiger partial charge in [-0.1, -0.05) is 0 Å². The van der Waals surface area contributed by atoms with Crippen LogP contribution in [0.2, 0.25) is 9.26 Å². The molecule has 0 fully saturated rings. The number of aryl methyl sites for hydroxylation is 2. The van der Waals surface area contributed by atoms with E-state index in [1.165, 1.54) is 44.5 Å².